The van der Waals surface area contributed by atoms with E-state index < -0.39 is 6.10 Å². The van der Waals surface area contributed by atoms with Gasteiger partial charge in [-0.05, 0) is 31.5 Å². The van der Waals surface area contributed by atoms with Crippen molar-refractivity contribution in [3.63, 3.8) is 0 Å². The lowest BCUT2D eigenvalue weighted by Crippen LogP contribution is -2.27. The second-order valence-electron chi connectivity index (χ2n) is 3.49. The van der Waals surface area contributed by atoms with Gasteiger partial charge in [-0.15, -0.1) is 0 Å². The molecule has 16 heavy (non-hydrogen) atoms. The number of carbonyl (C=O) groups excluding carboxylic acids is 1. The lowest BCUT2D eigenvalue weighted by molar-refractivity contribution is -0.126. The van der Waals surface area contributed by atoms with Crippen molar-refractivity contribution < 1.29 is 9.53 Å². The second kappa shape index (κ2) is 6.25. The fourth-order valence-corrected chi connectivity index (χ4v) is 1.35. The Morgan fingerprint density at radius 3 is 2.94 bits per heavy atom. The molecule has 1 unspecified atom stereocenters. The largest absolute Gasteiger partial charge is 0.369 e. The van der Waals surface area contributed by atoms with Crippen LogP contribution in [0, 0.1) is 0 Å². The molecule has 4 nitrogen and oxygen atoms in total. The fourth-order valence-electron chi connectivity index (χ4n) is 1.35. The summed E-state index contributed by atoms with van der Waals surface area (Å²) in [5, 5.41) is 2.78. The molecule has 1 aromatic rings. The first-order valence-electron chi connectivity index (χ1n) is 5.38. The van der Waals surface area contributed by atoms with Gasteiger partial charge in [0.25, 0.3) is 5.91 Å². The minimum Gasteiger partial charge on any atom is -0.369 e. The number of amides is 1. The van der Waals surface area contributed by atoms with E-state index >= 15 is 0 Å². The number of rotatable bonds is 5. The molecule has 0 saturated carbocycles. The van der Waals surface area contributed by atoms with Gasteiger partial charge in [-0.3, -0.25) is 4.79 Å². The molecule has 3 N–H and O–H groups in total. The molecule has 0 bridgehead atoms. The summed E-state index contributed by atoms with van der Waals surface area (Å²) in [6.45, 7) is 4.58. The first kappa shape index (κ1) is 12.7. The Labute approximate surface area is 95.8 Å². The quantitative estimate of drug-likeness (QED) is 0.793. The van der Waals surface area contributed by atoms with Crippen molar-refractivity contribution in [3.05, 3.63) is 29.8 Å². The predicted molar refractivity (Wildman–Crippen MR) is 64.1 cm³/mol. The van der Waals surface area contributed by atoms with E-state index in [2.05, 4.69) is 5.32 Å². The highest BCUT2D eigenvalue weighted by Gasteiger charge is 2.12. The van der Waals surface area contributed by atoms with Crippen LogP contribution in [0.3, 0.4) is 0 Å². The summed E-state index contributed by atoms with van der Waals surface area (Å²) in [6.07, 6.45) is -0.438. The van der Waals surface area contributed by atoms with Crippen LogP contribution in [0.2, 0.25) is 0 Å². The maximum atomic E-state index is 11.6. The zero-order valence-corrected chi connectivity index (χ0v) is 9.69. The summed E-state index contributed by atoms with van der Waals surface area (Å²) in [5.41, 5.74) is 7.26. The number of anilines is 1. The van der Waals surface area contributed by atoms with Crippen LogP contribution in [0.25, 0.3) is 0 Å². The highest BCUT2D eigenvalue weighted by molar-refractivity contribution is 5.93. The third-order valence-electron chi connectivity index (χ3n) is 2.22. The Morgan fingerprint density at radius 1 is 1.56 bits per heavy atom. The van der Waals surface area contributed by atoms with E-state index in [-0.39, 0.29) is 5.91 Å². The summed E-state index contributed by atoms with van der Waals surface area (Å²) in [6, 6.07) is 7.47. The van der Waals surface area contributed by atoms with Gasteiger partial charge >= 0.3 is 0 Å². The SMILES string of the molecule is CCOC(C)C(=O)Nc1cccc(CN)c1. The predicted octanol–water partition coefficient (Wildman–Crippen LogP) is 1.51. The Morgan fingerprint density at radius 2 is 2.31 bits per heavy atom. The Kier molecular flexibility index (Phi) is 4.95. The minimum atomic E-state index is -0.438. The summed E-state index contributed by atoms with van der Waals surface area (Å²) in [4.78, 5) is 11.6. The van der Waals surface area contributed by atoms with E-state index in [1.54, 1.807) is 6.92 Å². The third-order valence-corrected chi connectivity index (χ3v) is 2.22. The molecule has 1 aromatic carbocycles. The average molecular weight is 222 g/mol. The number of hydrogen-bond acceptors (Lipinski definition) is 3. The topological polar surface area (TPSA) is 64.3 Å². The molecule has 1 amide bonds. The monoisotopic (exact) mass is 222 g/mol. The van der Waals surface area contributed by atoms with Crippen LogP contribution in [-0.2, 0) is 16.1 Å². The number of hydrogen-bond donors (Lipinski definition) is 2. The van der Waals surface area contributed by atoms with Crippen molar-refractivity contribution in [2.45, 2.75) is 26.5 Å². The van der Waals surface area contributed by atoms with E-state index in [1.807, 2.05) is 31.2 Å². The molecule has 0 aromatic heterocycles. The molecule has 1 rings (SSSR count). The standard InChI is InChI=1S/C12H18N2O2/c1-3-16-9(2)12(15)14-11-6-4-5-10(7-11)8-13/h4-7,9H,3,8,13H2,1-2H3,(H,14,15). The molecule has 1 atom stereocenters. The third kappa shape index (κ3) is 3.64. The molecule has 0 aliphatic heterocycles. The van der Waals surface area contributed by atoms with Crippen molar-refractivity contribution in [1.29, 1.82) is 0 Å². The number of nitrogens with two attached hydrogens (primary N) is 1. The summed E-state index contributed by atoms with van der Waals surface area (Å²) in [5.74, 6) is -0.143. The molecule has 0 fully saturated rings. The molecule has 4 heteroatoms. The average Bonchev–Trinajstić information content (AvgIpc) is 2.29. The highest BCUT2D eigenvalue weighted by atomic mass is 16.5. The number of nitrogens with one attached hydrogen (secondary N) is 1. The van der Waals surface area contributed by atoms with E-state index in [0.29, 0.717) is 13.2 Å². The van der Waals surface area contributed by atoms with Crippen molar-refractivity contribution in [1.82, 2.24) is 0 Å². The van der Waals surface area contributed by atoms with E-state index in [1.165, 1.54) is 0 Å². The lowest BCUT2D eigenvalue weighted by atomic mass is 10.2. The molecule has 0 saturated heterocycles. The summed E-state index contributed by atoms with van der Waals surface area (Å²) < 4.78 is 5.20. The van der Waals surface area contributed by atoms with Gasteiger partial charge in [-0.25, -0.2) is 0 Å². The number of benzene rings is 1. The maximum absolute atomic E-state index is 11.6. The smallest absolute Gasteiger partial charge is 0.253 e. The van der Waals surface area contributed by atoms with Gasteiger partial charge in [0.15, 0.2) is 0 Å². The van der Waals surface area contributed by atoms with E-state index in [4.69, 9.17) is 10.5 Å². The number of carbonyl (C=O) groups is 1. The second-order valence-corrected chi connectivity index (χ2v) is 3.49. The van der Waals surface area contributed by atoms with Crippen molar-refractivity contribution in [3.8, 4) is 0 Å². The van der Waals surface area contributed by atoms with E-state index in [9.17, 15) is 4.79 Å². The van der Waals surface area contributed by atoms with Crippen molar-refractivity contribution in [2.75, 3.05) is 11.9 Å². The van der Waals surface area contributed by atoms with Crippen LogP contribution in [0.15, 0.2) is 24.3 Å². The van der Waals surface area contributed by atoms with Gasteiger partial charge < -0.3 is 15.8 Å². The Hall–Kier alpha value is -1.39. The molecular weight excluding hydrogens is 204 g/mol. The van der Waals surface area contributed by atoms with Gasteiger partial charge in [0.2, 0.25) is 0 Å². The zero-order chi connectivity index (χ0) is 12.0. The first-order valence-corrected chi connectivity index (χ1v) is 5.38. The van der Waals surface area contributed by atoms with Crippen LogP contribution >= 0.6 is 0 Å². The van der Waals surface area contributed by atoms with Crippen LogP contribution in [-0.4, -0.2) is 18.6 Å². The van der Waals surface area contributed by atoms with Crippen molar-refractivity contribution >= 4 is 11.6 Å². The van der Waals surface area contributed by atoms with Gasteiger partial charge in [0, 0.05) is 18.8 Å². The van der Waals surface area contributed by atoms with Crippen molar-refractivity contribution in [2.24, 2.45) is 5.73 Å². The lowest BCUT2D eigenvalue weighted by Gasteiger charge is -2.12. The van der Waals surface area contributed by atoms with Gasteiger partial charge in [-0.2, -0.15) is 0 Å². The van der Waals surface area contributed by atoms with Crippen LogP contribution in [0.4, 0.5) is 5.69 Å². The molecule has 0 spiro atoms. The Balaban J connectivity index is 2.61. The molecule has 0 aliphatic rings. The Bertz CT molecular complexity index is 353. The fraction of sp³-hybridized carbons (Fsp3) is 0.417. The highest BCUT2D eigenvalue weighted by Crippen LogP contribution is 2.10. The molecule has 0 aliphatic carbocycles. The van der Waals surface area contributed by atoms with E-state index in [0.717, 1.165) is 11.3 Å². The summed E-state index contributed by atoms with van der Waals surface area (Å²) >= 11 is 0. The van der Waals surface area contributed by atoms with Gasteiger partial charge in [-0.1, -0.05) is 12.1 Å². The molecular formula is C12H18N2O2. The first-order chi connectivity index (χ1) is 7.67. The summed E-state index contributed by atoms with van der Waals surface area (Å²) in [7, 11) is 0. The zero-order valence-electron chi connectivity index (χ0n) is 9.69. The van der Waals surface area contributed by atoms with Crippen LogP contribution in [0.1, 0.15) is 19.4 Å². The van der Waals surface area contributed by atoms with Crippen LogP contribution < -0.4 is 11.1 Å². The number of ether oxygens (including phenoxy) is 1. The molecule has 88 valence electrons. The normalized spacial score (nSPS) is 12.2. The van der Waals surface area contributed by atoms with Crippen LogP contribution in [0.5, 0.6) is 0 Å². The van der Waals surface area contributed by atoms with Gasteiger partial charge in [0.05, 0.1) is 0 Å². The molecule has 0 heterocycles. The molecule has 0 radical (unpaired) electrons. The maximum Gasteiger partial charge on any atom is 0.253 e. The van der Waals surface area contributed by atoms with Gasteiger partial charge in [0.1, 0.15) is 6.10 Å². The minimum absolute atomic E-state index is 0.143.